The summed E-state index contributed by atoms with van der Waals surface area (Å²) in [4.78, 5) is 0. The summed E-state index contributed by atoms with van der Waals surface area (Å²) in [6.07, 6.45) is 3.67. The maximum Gasteiger partial charge on any atom is 0.241 e. The highest BCUT2D eigenvalue weighted by atomic mass is 28.4. The third kappa shape index (κ3) is 3.54. The highest BCUT2D eigenvalue weighted by molar-refractivity contribution is 6.70. The molecular weight excluding hydrogens is 218 g/mol. The van der Waals surface area contributed by atoms with Crippen LogP contribution in [-0.2, 0) is 4.43 Å². The van der Waals surface area contributed by atoms with Crippen LogP contribution in [0.2, 0.25) is 19.6 Å². The van der Waals surface area contributed by atoms with E-state index in [1.54, 1.807) is 0 Å². The number of allylic oxidation sites excluding steroid dienone is 1. The van der Waals surface area contributed by atoms with Gasteiger partial charge in [0.05, 0.1) is 18.0 Å². The van der Waals surface area contributed by atoms with E-state index < -0.39 is 8.32 Å². The molecule has 0 N–H and O–H groups in total. The smallest absolute Gasteiger partial charge is 0.241 e. The average Bonchev–Trinajstić information content (AvgIpc) is 2.15. The molecule has 1 unspecified atom stereocenters. The van der Waals surface area contributed by atoms with E-state index in [2.05, 4.69) is 25.7 Å². The van der Waals surface area contributed by atoms with Crippen LogP contribution >= 0.6 is 0 Å². The zero-order valence-electron chi connectivity index (χ0n) is 10.8. The van der Waals surface area contributed by atoms with Crippen molar-refractivity contribution < 1.29 is 4.43 Å². The fraction of sp³-hybridized carbons (Fsp3) is 0.727. The molecule has 0 spiro atoms. The summed E-state index contributed by atoms with van der Waals surface area (Å²) in [6.45, 7) is 6.51. The topological polar surface area (TPSA) is 39.5 Å². The summed E-state index contributed by atoms with van der Waals surface area (Å²) in [5, 5.41) is 12.9. The lowest BCUT2D eigenvalue weighted by Crippen LogP contribution is -2.43. The maximum atomic E-state index is 9.05. The Balaban J connectivity index is 2.79. The van der Waals surface area contributed by atoms with Gasteiger partial charge >= 0.3 is 0 Å². The number of nitriles is 1. The Morgan fingerprint density at radius 1 is 1.50 bits per heavy atom. The standard InChI is InChI=1S/C11H21N3OSi/c1-13(2)14-9-11(15-16(3,4)5)7-6-10(14)8-12/h9-10H,6-7H2,1-5H3. The molecule has 90 valence electrons. The zero-order valence-corrected chi connectivity index (χ0v) is 11.8. The van der Waals surface area contributed by atoms with E-state index in [4.69, 9.17) is 9.69 Å². The van der Waals surface area contributed by atoms with Crippen molar-refractivity contribution in [3.8, 4) is 6.07 Å². The van der Waals surface area contributed by atoms with Crippen LogP contribution in [0.15, 0.2) is 12.0 Å². The minimum atomic E-state index is -1.54. The van der Waals surface area contributed by atoms with Crippen molar-refractivity contribution in [1.82, 2.24) is 10.0 Å². The largest absolute Gasteiger partial charge is 0.546 e. The van der Waals surface area contributed by atoms with Crippen LogP contribution < -0.4 is 0 Å². The Morgan fingerprint density at radius 2 is 2.12 bits per heavy atom. The van der Waals surface area contributed by atoms with Crippen LogP contribution in [0.5, 0.6) is 0 Å². The molecule has 0 fully saturated rings. The van der Waals surface area contributed by atoms with Crippen molar-refractivity contribution in [3.05, 3.63) is 12.0 Å². The fourth-order valence-corrected chi connectivity index (χ4v) is 2.64. The van der Waals surface area contributed by atoms with Gasteiger partial charge < -0.3 is 4.43 Å². The summed E-state index contributed by atoms with van der Waals surface area (Å²) in [5.41, 5.74) is 0. The van der Waals surface area contributed by atoms with Gasteiger partial charge in [-0.3, -0.25) is 5.01 Å². The molecule has 0 saturated heterocycles. The Labute approximate surface area is 99.2 Å². The maximum absolute atomic E-state index is 9.05. The predicted molar refractivity (Wildman–Crippen MR) is 66.7 cm³/mol. The summed E-state index contributed by atoms with van der Waals surface area (Å²) in [7, 11) is 2.35. The lowest BCUT2D eigenvalue weighted by molar-refractivity contribution is 0.0387. The van der Waals surface area contributed by atoms with Crippen LogP contribution in [-0.4, -0.2) is 38.5 Å². The van der Waals surface area contributed by atoms with Crippen LogP contribution in [0.1, 0.15) is 12.8 Å². The molecule has 16 heavy (non-hydrogen) atoms. The van der Waals surface area contributed by atoms with Crippen LogP contribution in [0.4, 0.5) is 0 Å². The lowest BCUT2D eigenvalue weighted by Gasteiger charge is -2.37. The molecule has 0 aromatic carbocycles. The Hall–Kier alpha value is -0.993. The average molecular weight is 239 g/mol. The van der Waals surface area contributed by atoms with Crippen LogP contribution in [0.25, 0.3) is 0 Å². The van der Waals surface area contributed by atoms with Gasteiger partial charge in [-0.15, -0.1) is 0 Å². The first-order chi connectivity index (χ1) is 7.33. The number of hydrogen-bond donors (Lipinski definition) is 0. The normalized spacial score (nSPS) is 21.7. The quantitative estimate of drug-likeness (QED) is 0.707. The molecule has 0 aromatic heterocycles. The first kappa shape index (κ1) is 13.1. The molecule has 1 atom stereocenters. The molecule has 0 amide bonds. The molecule has 1 rings (SSSR count). The van der Waals surface area contributed by atoms with E-state index in [0.717, 1.165) is 18.6 Å². The molecule has 0 bridgehead atoms. The minimum Gasteiger partial charge on any atom is -0.546 e. The molecule has 1 aliphatic rings. The fourth-order valence-electron chi connectivity index (χ4n) is 1.70. The molecule has 1 heterocycles. The minimum absolute atomic E-state index is 0.0658. The van der Waals surface area contributed by atoms with Crippen LogP contribution in [0.3, 0.4) is 0 Å². The van der Waals surface area contributed by atoms with Crippen LogP contribution in [0, 0.1) is 11.3 Å². The highest BCUT2D eigenvalue weighted by Crippen LogP contribution is 2.24. The van der Waals surface area contributed by atoms with Gasteiger partial charge in [0.15, 0.2) is 0 Å². The van der Waals surface area contributed by atoms with E-state index in [9.17, 15) is 0 Å². The van der Waals surface area contributed by atoms with E-state index in [0.29, 0.717) is 0 Å². The van der Waals surface area contributed by atoms with Crippen molar-refractivity contribution >= 4 is 8.32 Å². The lowest BCUT2D eigenvalue weighted by atomic mass is 10.1. The second-order valence-electron chi connectivity index (χ2n) is 5.22. The Morgan fingerprint density at radius 3 is 2.56 bits per heavy atom. The van der Waals surface area contributed by atoms with Gasteiger partial charge in [-0.2, -0.15) is 5.26 Å². The Bertz CT molecular complexity index is 314. The van der Waals surface area contributed by atoms with E-state index >= 15 is 0 Å². The molecule has 4 nitrogen and oxygen atoms in total. The first-order valence-corrected chi connectivity index (χ1v) is 8.99. The third-order valence-corrected chi connectivity index (χ3v) is 3.18. The molecule has 0 aromatic rings. The van der Waals surface area contributed by atoms with Crippen molar-refractivity contribution in [3.63, 3.8) is 0 Å². The van der Waals surface area contributed by atoms with Gasteiger partial charge in [0, 0.05) is 20.5 Å². The molecule has 1 aliphatic heterocycles. The van der Waals surface area contributed by atoms with Gasteiger partial charge in [-0.05, 0) is 26.1 Å². The van der Waals surface area contributed by atoms with Crippen molar-refractivity contribution in [1.29, 1.82) is 5.26 Å². The highest BCUT2D eigenvalue weighted by Gasteiger charge is 2.26. The first-order valence-electron chi connectivity index (χ1n) is 5.58. The molecule has 0 aliphatic carbocycles. The second kappa shape index (κ2) is 4.89. The Kier molecular flexibility index (Phi) is 4.00. The summed E-state index contributed by atoms with van der Waals surface area (Å²) in [6, 6.07) is 2.25. The number of nitrogens with zero attached hydrogens (tertiary/aromatic N) is 3. The molecular formula is C11H21N3OSi. The molecule has 0 radical (unpaired) electrons. The number of hydrazine groups is 1. The number of rotatable bonds is 3. The van der Waals surface area contributed by atoms with Gasteiger partial charge in [0.2, 0.25) is 8.32 Å². The van der Waals surface area contributed by atoms with Crippen molar-refractivity contribution in [2.75, 3.05) is 14.1 Å². The molecule has 5 heteroatoms. The van der Waals surface area contributed by atoms with Gasteiger partial charge in [0.1, 0.15) is 6.04 Å². The zero-order chi connectivity index (χ0) is 12.3. The van der Waals surface area contributed by atoms with Gasteiger partial charge in [-0.25, -0.2) is 5.01 Å². The summed E-state index contributed by atoms with van der Waals surface area (Å²) in [5.74, 6) is 1.01. The molecule has 0 saturated carbocycles. The second-order valence-corrected chi connectivity index (χ2v) is 9.65. The van der Waals surface area contributed by atoms with E-state index in [1.165, 1.54) is 0 Å². The third-order valence-electron chi connectivity index (χ3n) is 2.31. The van der Waals surface area contributed by atoms with Crippen molar-refractivity contribution in [2.45, 2.75) is 38.5 Å². The van der Waals surface area contributed by atoms with E-state index in [1.807, 2.05) is 30.3 Å². The summed E-state index contributed by atoms with van der Waals surface area (Å²) < 4.78 is 5.97. The predicted octanol–water partition coefficient (Wildman–Crippen LogP) is 2.14. The number of hydrogen-bond acceptors (Lipinski definition) is 4. The summed E-state index contributed by atoms with van der Waals surface area (Å²) >= 11 is 0. The van der Waals surface area contributed by atoms with Crippen molar-refractivity contribution in [2.24, 2.45) is 0 Å². The monoisotopic (exact) mass is 239 g/mol. The van der Waals surface area contributed by atoms with E-state index in [-0.39, 0.29) is 6.04 Å². The van der Waals surface area contributed by atoms with Gasteiger partial charge in [-0.1, -0.05) is 0 Å². The van der Waals surface area contributed by atoms with Gasteiger partial charge in [0.25, 0.3) is 0 Å². The SMILES string of the molecule is CN(C)N1C=C(O[Si](C)(C)C)CCC1C#N.